The minimum Gasteiger partial charge on any atom is -0.377 e. The second-order valence-corrected chi connectivity index (χ2v) is 6.03. The standard InChI is InChI=1S/C23H20O/c1-2-24-16-17-11-13-18(14-12-17)23-21-9-5-3-7-19(21)15-20-8-4-6-10-22(20)23/h3-15H,2,16H2,1H3. The molecule has 0 saturated heterocycles. The van der Waals surface area contributed by atoms with Crippen molar-refractivity contribution in [1.29, 1.82) is 0 Å². The largest absolute Gasteiger partial charge is 0.377 e. The van der Waals surface area contributed by atoms with E-state index in [1.807, 2.05) is 6.92 Å². The first-order valence-electron chi connectivity index (χ1n) is 8.44. The van der Waals surface area contributed by atoms with Gasteiger partial charge < -0.3 is 4.74 Å². The maximum atomic E-state index is 5.51. The van der Waals surface area contributed by atoms with E-state index in [-0.39, 0.29) is 0 Å². The fourth-order valence-corrected chi connectivity index (χ4v) is 3.31. The molecule has 118 valence electrons. The minimum absolute atomic E-state index is 0.674. The van der Waals surface area contributed by atoms with Crippen LogP contribution in [0.15, 0.2) is 78.9 Å². The summed E-state index contributed by atoms with van der Waals surface area (Å²) < 4.78 is 5.51. The van der Waals surface area contributed by atoms with Crippen molar-refractivity contribution in [3.05, 3.63) is 84.4 Å². The second kappa shape index (κ2) is 6.46. The van der Waals surface area contributed by atoms with Crippen molar-refractivity contribution in [1.82, 2.24) is 0 Å². The van der Waals surface area contributed by atoms with E-state index >= 15 is 0 Å². The number of fused-ring (bicyclic) bond motifs is 2. The number of benzene rings is 4. The van der Waals surface area contributed by atoms with Crippen molar-refractivity contribution in [3.8, 4) is 11.1 Å². The van der Waals surface area contributed by atoms with Gasteiger partial charge >= 0.3 is 0 Å². The summed E-state index contributed by atoms with van der Waals surface area (Å²) in [6, 6.07) is 28.3. The van der Waals surface area contributed by atoms with Crippen LogP contribution >= 0.6 is 0 Å². The van der Waals surface area contributed by atoms with Gasteiger partial charge in [0.1, 0.15) is 0 Å². The van der Waals surface area contributed by atoms with Gasteiger partial charge in [0, 0.05) is 6.61 Å². The van der Waals surface area contributed by atoms with Gasteiger partial charge in [0.2, 0.25) is 0 Å². The summed E-state index contributed by atoms with van der Waals surface area (Å²) in [6.45, 7) is 3.44. The first-order valence-corrected chi connectivity index (χ1v) is 8.44. The summed E-state index contributed by atoms with van der Waals surface area (Å²) in [5.41, 5.74) is 3.78. The molecule has 0 N–H and O–H groups in total. The van der Waals surface area contributed by atoms with Crippen molar-refractivity contribution >= 4 is 21.5 Å². The molecule has 0 aliphatic carbocycles. The van der Waals surface area contributed by atoms with Crippen LogP contribution < -0.4 is 0 Å². The molecule has 0 aromatic heterocycles. The lowest BCUT2D eigenvalue weighted by molar-refractivity contribution is 0.134. The first-order chi connectivity index (χ1) is 11.9. The summed E-state index contributed by atoms with van der Waals surface area (Å²) in [5.74, 6) is 0. The number of rotatable bonds is 4. The van der Waals surface area contributed by atoms with Gasteiger partial charge in [0.25, 0.3) is 0 Å². The molecular weight excluding hydrogens is 292 g/mol. The Labute approximate surface area is 142 Å². The Hall–Kier alpha value is -2.64. The molecule has 1 nitrogen and oxygen atoms in total. The highest BCUT2D eigenvalue weighted by atomic mass is 16.5. The molecule has 4 rings (SSSR count). The predicted octanol–water partition coefficient (Wildman–Crippen LogP) is 6.20. The third-order valence-electron chi connectivity index (χ3n) is 4.49. The fraction of sp³-hybridized carbons (Fsp3) is 0.130. The topological polar surface area (TPSA) is 9.23 Å². The summed E-state index contributed by atoms with van der Waals surface area (Å²) in [6.07, 6.45) is 0. The molecule has 0 unspecified atom stereocenters. The van der Waals surface area contributed by atoms with E-state index in [1.54, 1.807) is 0 Å². The highest BCUT2D eigenvalue weighted by molar-refractivity contribution is 6.12. The van der Waals surface area contributed by atoms with Gasteiger partial charge in [-0.15, -0.1) is 0 Å². The van der Waals surface area contributed by atoms with E-state index in [0.717, 1.165) is 6.61 Å². The molecular formula is C23H20O. The van der Waals surface area contributed by atoms with Gasteiger partial charge in [-0.25, -0.2) is 0 Å². The molecule has 0 saturated carbocycles. The molecule has 1 heteroatoms. The highest BCUT2D eigenvalue weighted by Gasteiger charge is 2.09. The Bertz CT molecular complexity index is 930. The maximum absolute atomic E-state index is 5.51. The van der Waals surface area contributed by atoms with Crippen LogP contribution in [0.5, 0.6) is 0 Å². The van der Waals surface area contributed by atoms with Crippen LogP contribution in [0.1, 0.15) is 12.5 Å². The zero-order valence-corrected chi connectivity index (χ0v) is 13.8. The molecule has 0 aliphatic rings. The van der Waals surface area contributed by atoms with E-state index in [2.05, 4.69) is 78.9 Å². The van der Waals surface area contributed by atoms with E-state index in [1.165, 1.54) is 38.2 Å². The lowest BCUT2D eigenvalue weighted by Crippen LogP contribution is -1.92. The third kappa shape index (κ3) is 2.68. The molecule has 0 fully saturated rings. The molecule has 0 aliphatic heterocycles. The Morgan fingerprint density at radius 2 is 1.29 bits per heavy atom. The third-order valence-corrected chi connectivity index (χ3v) is 4.49. The van der Waals surface area contributed by atoms with Crippen LogP contribution in [-0.4, -0.2) is 6.61 Å². The first kappa shape index (κ1) is 14.9. The average molecular weight is 312 g/mol. The lowest BCUT2D eigenvalue weighted by Gasteiger charge is -2.12. The predicted molar refractivity (Wildman–Crippen MR) is 102 cm³/mol. The van der Waals surface area contributed by atoms with Crippen molar-refractivity contribution in [2.45, 2.75) is 13.5 Å². The maximum Gasteiger partial charge on any atom is 0.0716 e. The van der Waals surface area contributed by atoms with Crippen LogP contribution in [0.4, 0.5) is 0 Å². The molecule has 0 heterocycles. The average Bonchev–Trinajstić information content (AvgIpc) is 2.65. The molecule has 4 aromatic carbocycles. The van der Waals surface area contributed by atoms with Crippen LogP contribution in [0, 0.1) is 0 Å². The summed E-state index contributed by atoms with van der Waals surface area (Å²) in [7, 11) is 0. The Kier molecular flexibility index (Phi) is 4.02. The van der Waals surface area contributed by atoms with Crippen LogP contribution in [0.3, 0.4) is 0 Å². The Morgan fingerprint density at radius 1 is 0.708 bits per heavy atom. The smallest absolute Gasteiger partial charge is 0.0716 e. The zero-order chi connectivity index (χ0) is 16.4. The zero-order valence-electron chi connectivity index (χ0n) is 13.8. The van der Waals surface area contributed by atoms with Gasteiger partial charge in [0.05, 0.1) is 6.61 Å². The molecule has 0 atom stereocenters. The number of ether oxygens (including phenoxy) is 1. The van der Waals surface area contributed by atoms with Crippen molar-refractivity contribution in [2.75, 3.05) is 6.61 Å². The van der Waals surface area contributed by atoms with E-state index in [9.17, 15) is 0 Å². The highest BCUT2D eigenvalue weighted by Crippen LogP contribution is 2.36. The number of hydrogen-bond donors (Lipinski definition) is 0. The van der Waals surface area contributed by atoms with E-state index in [0.29, 0.717) is 6.61 Å². The van der Waals surface area contributed by atoms with Crippen molar-refractivity contribution < 1.29 is 4.74 Å². The second-order valence-electron chi connectivity index (χ2n) is 6.03. The Balaban J connectivity index is 1.93. The quantitative estimate of drug-likeness (QED) is 0.408. The van der Waals surface area contributed by atoms with Crippen LogP contribution in [0.25, 0.3) is 32.7 Å². The van der Waals surface area contributed by atoms with Gasteiger partial charge in [0.15, 0.2) is 0 Å². The molecule has 0 amide bonds. The minimum atomic E-state index is 0.674. The van der Waals surface area contributed by atoms with Crippen LogP contribution in [0.2, 0.25) is 0 Å². The van der Waals surface area contributed by atoms with E-state index < -0.39 is 0 Å². The molecule has 0 radical (unpaired) electrons. The fourth-order valence-electron chi connectivity index (χ4n) is 3.31. The molecule has 0 bridgehead atoms. The lowest BCUT2D eigenvalue weighted by atomic mass is 9.92. The summed E-state index contributed by atoms with van der Waals surface area (Å²) in [5, 5.41) is 5.16. The van der Waals surface area contributed by atoms with Gasteiger partial charge in [-0.05, 0) is 51.2 Å². The van der Waals surface area contributed by atoms with Crippen molar-refractivity contribution in [3.63, 3.8) is 0 Å². The number of hydrogen-bond acceptors (Lipinski definition) is 1. The van der Waals surface area contributed by atoms with Gasteiger partial charge in [-0.2, -0.15) is 0 Å². The monoisotopic (exact) mass is 312 g/mol. The summed E-state index contributed by atoms with van der Waals surface area (Å²) >= 11 is 0. The van der Waals surface area contributed by atoms with Gasteiger partial charge in [-0.1, -0.05) is 72.8 Å². The normalized spacial score (nSPS) is 11.2. The Morgan fingerprint density at radius 3 is 1.88 bits per heavy atom. The molecule has 0 spiro atoms. The van der Waals surface area contributed by atoms with E-state index in [4.69, 9.17) is 4.74 Å². The summed E-state index contributed by atoms with van der Waals surface area (Å²) in [4.78, 5) is 0. The molecule has 24 heavy (non-hydrogen) atoms. The SMILES string of the molecule is CCOCc1ccc(-c2c3ccccc3cc3ccccc23)cc1. The van der Waals surface area contributed by atoms with Crippen molar-refractivity contribution in [2.24, 2.45) is 0 Å². The van der Waals surface area contributed by atoms with Gasteiger partial charge in [-0.3, -0.25) is 0 Å². The molecule has 4 aromatic rings. The van der Waals surface area contributed by atoms with Crippen LogP contribution in [-0.2, 0) is 11.3 Å².